The summed E-state index contributed by atoms with van der Waals surface area (Å²) < 4.78 is 0. The fourth-order valence-electron chi connectivity index (χ4n) is 8.41. The molecule has 0 N–H and O–H groups in total. The summed E-state index contributed by atoms with van der Waals surface area (Å²) >= 11 is 0. The summed E-state index contributed by atoms with van der Waals surface area (Å²) in [4.78, 5) is 9.19. The van der Waals surface area contributed by atoms with Crippen molar-refractivity contribution in [1.82, 2.24) is 0 Å². The van der Waals surface area contributed by atoms with Crippen molar-refractivity contribution in [2.45, 2.75) is 0 Å². The van der Waals surface area contributed by atoms with Crippen LogP contribution in [0.25, 0.3) is 12.2 Å². The lowest BCUT2D eigenvalue weighted by Gasteiger charge is -2.28. The van der Waals surface area contributed by atoms with Crippen LogP contribution < -0.4 is 19.6 Å². The minimum absolute atomic E-state index is 1.08. The summed E-state index contributed by atoms with van der Waals surface area (Å²) in [7, 11) is 0. The maximum absolute atomic E-state index is 2.31. The van der Waals surface area contributed by atoms with Crippen LogP contribution in [0.3, 0.4) is 0 Å². The Labute approximate surface area is 388 Å². The van der Waals surface area contributed by atoms with Crippen LogP contribution in [0.15, 0.2) is 279 Å². The topological polar surface area (TPSA) is 13.0 Å². The van der Waals surface area contributed by atoms with Crippen molar-refractivity contribution in [3.8, 4) is 0 Å². The Hall–Kier alpha value is -8.86. The number of benzene rings is 10. The molecule has 0 heterocycles. The minimum atomic E-state index is 1.08. The molecule has 0 spiro atoms. The molecule has 0 aliphatic carbocycles. The third kappa shape index (κ3) is 9.26. The molecule has 0 atom stereocenters. The summed E-state index contributed by atoms with van der Waals surface area (Å²) in [6.45, 7) is 0. The van der Waals surface area contributed by atoms with E-state index in [-0.39, 0.29) is 0 Å². The largest absolute Gasteiger partial charge is 0.311 e. The van der Waals surface area contributed by atoms with E-state index in [4.69, 9.17) is 0 Å². The Morgan fingerprint density at radius 1 is 0.152 bits per heavy atom. The van der Waals surface area contributed by atoms with Crippen LogP contribution in [0.2, 0.25) is 0 Å². The number of hydrogen-bond donors (Lipinski definition) is 0. The highest BCUT2D eigenvalue weighted by Gasteiger charge is 2.18. The van der Waals surface area contributed by atoms with E-state index in [0.717, 1.165) is 79.4 Å². The first-order valence-corrected chi connectivity index (χ1v) is 22.3. The second-order valence-corrected chi connectivity index (χ2v) is 15.9. The first-order chi connectivity index (χ1) is 32.7. The number of para-hydroxylation sites is 6. The molecule has 0 amide bonds. The molecular weight excluding hydrogens is 801 g/mol. The highest BCUT2D eigenvalue weighted by Crippen LogP contribution is 2.41. The SMILES string of the molecule is C(=C\c1ccc(N(c2ccccc2)c2ccc(N(c3ccccc3)c3ccccc3)cc2)cc1)/c1ccc(N(c2ccccc2)c2ccc(N(c3ccccc3)c3ccccc3)cc2)cc1. The molecule has 4 heteroatoms. The fourth-order valence-corrected chi connectivity index (χ4v) is 8.41. The molecule has 4 nitrogen and oxygen atoms in total. The van der Waals surface area contributed by atoms with Gasteiger partial charge in [0.2, 0.25) is 0 Å². The predicted molar refractivity (Wildman–Crippen MR) is 281 cm³/mol. The third-order valence-electron chi connectivity index (χ3n) is 11.6. The van der Waals surface area contributed by atoms with Crippen molar-refractivity contribution in [2.75, 3.05) is 19.6 Å². The summed E-state index contributed by atoms with van der Waals surface area (Å²) in [6, 6.07) is 98.4. The van der Waals surface area contributed by atoms with Crippen LogP contribution in [-0.2, 0) is 0 Å². The maximum Gasteiger partial charge on any atom is 0.0463 e. The Bertz CT molecular complexity index is 2780. The summed E-state index contributed by atoms with van der Waals surface area (Å²) in [5.41, 5.74) is 15.4. The molecule has 0 radical (unpaired) electrons. The third-order valence-corrected chi connectivity index (χ3v) is 11.6. The van der Waals surface area contributed by atoms with Crippen molar-refractivity contribution >= 4 is 80.4 Å². The molecule has 66 heavy (non-hydrogen) atoms. The minimum Gasteiger partial charge on any atom is -0.311 e. The Kier molecular flexibility index (Phi) is 12.3. The smallest absolute Gasteiger partial charge is 0.0463 e. The molecule has 0 fully saturated rings. The van der Waals surface area contributed by atoms with Gasteiger partial charge in [0, 0.05) is 68.2 Å². The van der Waals surface area contributed by atoms with Gasteiger partial charge in [-0.2, -0.15) is 0 Å². The highest BCUT2D eigenvalue weighted by molar-refractivity contribution is 5.84. The van der Waals surface area contributed by atoms with E-state index in [1.807, 2.05) is 0 Å². The Balaban J connectivity index is 0.886. The molecule has 0 saturated heterocycles. The first-order valence-electron chi connectivity index (χ1n) is 22.3. The second-order valence-electron chi connectivity index (χ2n) is 15.9. The highest BCUT2D eigenvalue weighted by atomic mass is 15.2. The molecule has 0 unspecified atom stereocenters. The second kappa shape index (κ2) is 19.7. The predicted octanol–water partition coefficient (Wildman–Crippen LogP) is 17.7. The summed E-state index contributed by atoms with van der Waals surface area (Å²) in [6.07, 6.45) is 4.36. The van der Waals surface area contributed by atoms with Crippen LogP contribution in [0.4, 0.5) is 68.2 Å². The van der Waals surface area contributed by atoms with E-state index in [2.05, 4.69) is 311 Å². The van der Waals surface area contributed by atoms with Crippen molar-refractivity contribution in [3.05, 3.63) is 290 Å². The lowest BCUT2D eigenvalue weighted by molar-refractivity contribution is 1.25. The van der Waals surface area contributed by atoms with Gasteiger partial charge in [0.15, 0.2) is 0 Å². The molecule has 0 aliphatic heterocycles. The van der Waals surface area contributed by atoms with Gasteiger partial charge in [0.05, 0.1) is 0 Å². The molecule has 316 valence electrons. The average Bonchev–Trinajstić information content (AvgIpc) is 3.40. The van der Waals surface area contributed by atoms with Gasteiger partial charge < -0.3 is 19.6 Å². The van der Waals surface area contributed by atoms with E-state index in [1.165, 1.54) is 0 Å². The normalized spacial score (nSPS) is 11.0. The van der Waals surface area contributed by atoms with Crippen molar-refractivity contribution in [2.24, 2.45) is 0 Å². The average molecular weight is 849 g/mol. The van der Waals surface area contributed by atoms with Crippen LogP contribution in [-0.4, -0.2) is 0 Å². The fraction of sp³-hybridized carbons (Fsp3) is 0. The zero-order valence-corrected chi connectivity index (χ0v) is 36.5. The van der Waals surface area contributed by atoms with Gasteiger partial charge in [-0.15, -0.1) is 0 Å². The maximum atomic E-state index is 2.31. The molecule has 10 aromatic rings. The van der Waals surface area contributed by atoms with E-state index < -0.39 is 0 Å². The number of anilines is 12. The van der Waals surface area contributed by atoms with Gasteiger partial charge in [-0.1, -0.05) is 146 Å². The van der Waals surface area contributed by atoms with E-state index in [0.29, 0.717) is 0 Å². The zero-order chi connectivity index (χ0) is 44.3. The number of rotatable bonds is 14. The molecule has 0 bridgehead atoms. The van der Waals surface area contributed by atoms with Gasteiger partial charge in [-0.3, -0.25) is 0 Å². The number of hydrogen-bond acceptors (Lipinski definition) is 4. The molecule has 10 aromatic carbocycles. The van der Waals surface area contributed by atoms with E-state index in [1.54, 1.807) is 0 Å². The van der Waals surface area contributed by atoms with E-state index in [9.17, 15) is 0 Å². The first kappa shape index (κ1) is 41.2. The van der Waals surface area contributed by atoms with Crippen LogP contribution in [0, 0.1) is 0 Å². The molecule has 0 aromatic heterocycles. The van der Waals surface area contributed by atoms with Crippen molar-refractivity contribution in [1.29, 1.82) is 0 Å². The lowest BCUT2D eigenvalue weighted by Crippen LogP contribution is -2.12. The van der Waals surface area contributed by atoms with Crippen LogP contribution in [0.1, 0.15) is 11.1 Å². The Morgan fingerprint density at radius 3 is 0.455 bits per heavy atom. The van der Waals surface area contributed by atoms with Gasteiger partial charge in [-0.25, -0.2) is 0 Å². The monoisotopic (exact) mass is 848 g/mol. The summed E-state index contributed by atoms with van der Waals surface area (Å²) in [5, 5.41) is 0. The van der Waals surface area contributed by atoms with E-state index >= 15 is 0 Å². The molecule has 0 aliphatic rings. The van der Waals surface area contributed by atoms with Gasteiger partial charge >= 0.3 is 0 Å². The van der Waals surface area contributed by atoms with Crippen molar-refractivity contribution < 1.29 is 0 Å². The quantitative estimate of drug-likeness (QED) is 0.101. The van der Waals surface area contributed by atoms with Gasteiger partial charge in [0.25, 0.3) is 0 Å². The lowest BCUT2D eigenvalue weighted by atomic mass is 10.1. The number of nitrogens with zero attached hydrogens (tertiary/aromatic N) is 4. The Morgan fingerprint density at radius 2 is 0.288 bits per heavy atom. The van der Waals surface area contributed by atoms with Crippen molar-refractivity contribution in [3.63, 3.8) is 0 Å². The molecule has 0 saturated carbocycles. The molecule has 10 rings (SSSR count). The summed E-state index contributed by atoms with van der Waals surface area (Å²) in [5.74, 6) is 0. The standard InChI is InChI=1S/C62H48N4/c1-7-19-51(20-8-1)63(52-21-9-2-10-22-52)59-41-45-61(46-42-59)65(55-27-15-5-16-28-55)57-37-33-49(34-38-57)31-32-50-35-39-58(40-36-50)66(56-29-17-6-18-30-56)62-47-43-60(44-48-62)64(53-23-11-3-12-24-53)54-25-13-4-14-26-54/h1-48H/b32-31+. The molecular formula is C62H48N4. The van der Waals surface area contributed by atoms with Gasteiger partial charge in [0.1, 0.15) is 0 Å². The van der Waals surface area contributed by atoms with Crippen LogP contribution >= 0.6 is 0 Å². The van der Waals surface area contributed by atoms with Gasteiger partial charge in [-0.05, 0) is 157 Å². The zero-order valence-electron chi connectivity index (χ0n) is 36.5. The van der Waals surface area contributed by atoms with Crippen LogP contribution in [0.5, 0.6) is 0 Å².